The van der Waals surface area contributed by atoms with Crippen LogP contribution in [0.4, 0.5) is 0 Å². The van der Waals surface area contributed by atoms with Crippen LogP contribution < -0.4 is 24.4 Å². The summed E-state index contributed by atoms with van der Waals surface area (Å²) in [7, 11) is 0. The van der Waals surface area contributed by atoms with Crippen molar-refractivity contribution in [2.75, 3.05) is 19.8 Å². The largest absolute Gasteiger partial charge is 0.490 e. The molecule has 0 radical (unpaired) electrons. The van der Waals surface area contributed by atoms with Gasteiger partial charge in [0, 0.05) is 5.56 Å². The highest BCUT2D eigenvalue weighted by molar-refractivity contribution is 6.32. The molecule has 0 aliphatic heterocycles. The standard InChI is InChI=1S/C28H31ClN2O5/c1-5-33-24-13-12-22(16-25(24)34-6-2)28(32)31-30-17-21-14-23(29)27(26(15-21)35-7-3)36-18-20-10-8-19(4)9-11-20/h8-17H,5-7,18H2,1-4H3,(H,31,32)/b30-17+. The normalized spacial score (nSPS) is 10.8. The molecule has 0 saturated carbocycles. The van der Waals surface area contributed by atoms with Crippen LogP contribution in [-0.4, -0.2) is 31.9 Å². The lowest BCUT2D eigenvalue weighted by atomic mass is 10.1. The molecular weight excluding hydrogens is 480 g/mol. The van der Waals surface area contributed by atoms with Crippen LogP contribution in [0.1, 0.15) is 47.8 Å². The van der Waals surface area contributed by atoms with Gasteiger partial charge in [0.05, 0.1) is 31.1 Å². The number of nitrogens with one attached hydrogen (secondary N) is 1. The lowest BCUT2D eigenvalue weighted by Crippen LogP contribution is -2.17. The number of carbonyl (C=O) groups is 1. The van der Waals surface area contributed by atoms with E-state index in [-0.39, 0.29) is 5.91 Å². The summed E-state index contributed by atoms with van der Waals surface area (Å²) < 4.78 is 22.8. The number of aryl methyl sites for hydroxylation is 1. The molecule has 0 bridgehead atoms. The predicted molar refractivity (Wildman–Crippen MR) is 142 cm³/mol. The average Bonchev–Trinajstić information content (AvgIpc) is 2.86. The maximum Gasteiger partial charge on any atom is 0.271 e. The van der Waals surface area contributed by atoms with E-state index in [9.17, 15) is 4.79 Å². The summed E-state index contributed by atoms with van der Waals surface area (Å²) in [6.45, 7) is 9.42. The Bertz CT molecular complexity index is 1200. The second-order valence-electron chi connectivity index (χ2n) is 7.76. The van der Waals surface area contributed by atoms with Crippen molar-refractivity contribution in [2.45, 2.75) is 34.3 Å². The fourth-order valence-corrected chi connectivity index (χ4v) is 3.60. The summed E-state index contributed by atoms with van der Waals surface area (Å²) in [6, 6.07) is 16.5. The minimum atomic E-state index is -0.385. The van der Waals surface area contributed by atoms with Gasteiger partial charge in [0.15, 0.2) is 23.0 Å². The molecule has 1 N–H and O–H groups in total. The molecule has 7 nitrogen and oxygen atoms in total. The monoisotopic (exact) mass is 510 g/mol. The van der Waals surface area contributed by atoms with E-state index in [2.05, 4.69) is 10.5 Å². The molecule has 0 unspecified atom stereocenters. The molecule has 8 heteroatoms. The highest BCUT2D eigenvalue weighted by Crippen LogP contribution is 2.37. The molecule has 0 aliphatic carbocycles. The average molecular weight is 511 g/mol. The molecule has 0 fully saturated rings. The van der Waals surface area contributed by atoms with Crippen LogP contribution in [0.25, 0.3) is 0 Å². The predicted octanol–water partition coefficient (Wildman–Crippen LogP) is 6.19. The van der Waals surface area contributed by atoms with Gasteiger partial charge >= 0.3 is 0 Å². The van der Waals surface area contributed by atoms with Crippen LogP contribution >= 0.6 is 11.6 Å². The van der Waals surface area contributed by atoms with Crippen LogP contribution in [0.2, 0.25) is 5.02 Å². The quantitative estimate of drug-likeness (QED) is 0.232. The van der Waals surface area contributed by atoms with Gasteiger partial charge < -0.3 is 18.9 Å². The Balaban J connectivity index is 1.71. The molecule has 0 saturated heterocycles. The first-order valence-electron chi connectivity index (χ1n) is 11.8. The minimum Gasteiger partial charge on any atom is -0.490 e. The molecule has 3 rings (SSSR count). The zero-order chi connectivity index (χ0) is 25.9. The topological polar surface area (TPSA) is 78.4 Å². The van der Waals surface area contributed by atoms with E-state index in [1.165, 1.54) is 11.8 Å². The number of carbonyl (C=O) groups excluding carboxylic acids is 1. The van der Waals surface area contributed by atoms with Gasteiger partial charge in [-0.1, -0.05) is 41.4 Å². The van der Waals surface area contributed by atoms with E-state index in [1.807, 2.05) is 52.0 Å². The third-order valence-electron chi connectivity index (χ3n) is 5.02. The van der Waals surface area contributed by atoms with Gasteiger partial charge in [-0.25, -0.2) is 5.43 Å². The maximum absolute atomic E-state index is 12.6. The van der Waals surface area contributed by atoms with Gasteiger partial charge in [0.2, 0.25) is 0 Å². The first kappa shape index (κ1) is 26.9. The number of rotatable bonds is 12. The summed E-state index contributed by atoms with van der Waals surface area (Å²) in [5.41, 5.74) is 5.77. The molecular formula is C28H31ClN2O5. The second-order valence-corrected chi connectivity index (χ2v) is 8.17. The SMILES string of the molecule is CCOc1ccc(C(=O)N/N=C/c2cc(Cl)c(OCc3ccc(C)cc3)c(OCC)c2)cc1OCC. The van der Waals surface area contributed by atoms with E-state index in [4.69, 9.17) is 30.5 Å². The number of amides is 1. The van der Waals surface area contributed by atoms with E-state index < -0.39 is 0 Å². The molecule has 0 aliphatic rings. The first-order chi connectivity index (χ1) is 17.4. The number of benzene rings is 3. The van der Waals surface area contributed by atoms with Crippen molar-refractivity contribution in [2.24, 2.45) is 5.10 Å². The number of nitrogens with zero attached hydrogens (tertiary/aromatic N) is 1. The number of hydrogen-bond donors (Lipinski definition) is 1. The van der Waals surface area contributed by atoms with Crippen LogP contribution in [-0.2, 0) is 6.61 Å². The smallest absolute Gasteiger partial charge is 0.271 e. The van der Waals surface area contributed by atoms with Gasteiger partial charge in [-0.3, -0.25) is 4.79 Å². The number of ether oxygens (including phenoxy) is 4. The molecule has 190 valence electrons. The molecule has 0 aromatic heterocycles. The highest BCUT2D eigenvalue weighted by atomic mass is 35.5. The van der Waals surface area contributed by atoms with Crippen LogP contribution in [0.5, 0.6) is 23.0 Å². The Morgan fingerprint density at radius 3 is 2.22 bits per heavy atom. The van der Waals surface area contributed by atoms with E-state index in [0.717, 1.165) is 5.56 Å². The fourth-order valence-electron chi connectivity index (χ4n) is 3.33. The Labute approximate surface area is 217 Å². The molecule has 0 spiro atoms. The Kier molecular flexibility index (Phi) is 10.0. The Morgan fingerprint density at radius 2 is 1.53 bits per heavy atom. The van der Waals surface area contributed by atoms with Gasteiger partial charge in [-0.05, 0) is 69.2 Å². The summed E-state index contributed by atoms with van der Waals surface area (Å²) >= 11 is 6.51. The Morgan fingerprint density at radius 1 is 0.861 bits per heavy atom. The fraction of sp³-hybridized carbons (Fsp3) is 0.286. The highest BCUT2D eigenvalue weighted by Gasteiger charge is 2.14. The van der Waals surface area contributed by atoms with Crippen molar-refractivity contribution < 1.29 is 23.7 Å². The van der Waals surface area contributed by atoms with Crippen LogP contribution in [0, 0.1) is 6.92 Å². The third kappa shape index (κ3) is 7.39. The van der Waals surface area contributed by atoms with E-state index in [1.54, 1.807) is 30.3 Å². The van der Waals surface area contributed by atoms with Crippen molar-refractivity contribution in [3.05, 3.63) is 81.9 Å². The van der Waals surface area contributed by atoms with Crippen LogP contribution in [0.15, 0.2) is 59.7 Å². The molecule has 3 aromatic rings. The van der Waals surface area contributed by atoms with Crippen molar-refractivity contribution >= 4 is 23.7 Å². The number of hydrogen-bond acceptors (Lipinski definition) is 6. The van der Waals surface area contributed by atoms with E-state index in [0.29, 0.717) is 65.6 Å². The summed E-state index contributed by atoms with van der Waals surface area (Å²) in [4.78, 5) is 12.6. The van der Waals surface area contributed by atoms with Crippen molar-refractivity contribution in [1.82, 2.24) is 5.43 Å². The lowest BCUT2D eigenvalue weighted by Gasteiger charge is -2.14. The number of hydrazone groups is 1. The van der Waals surface area contributed by atoms with Crippen molar-refractivity contribution in [1.29, 1.82) is 0 Å². The Hall–Kier alpha value is -3.71. The van der Waals surface area contributed by atoms with Gasteiger partial charge in [-0.2, -0.15) is 5.10 Å². The zero-order valence-corrected chi connectivity index (χ0v) is 21.7. The van der Waals surface area contributed by atoms with Crippen molar-refractivity contribution in [3.8, 4) is 23.0 Å². The van der Waals surface area contributed by atoms with Gasteiger partial charge in [0.1, 0.15) is 6.61 Å². The minimum absolute atomic E-state index is 0.357. The molecule has 3 aromatic carbocycles. The maximum atomic E-state index is 12.6. The molecule has 1 amide bonds. The number of halogens is 1. The lowest BCUT2D eigenvalue weighted by molar-refractivity contribution is 0.0954. The zero-order valence-electron chi connectivity index (χ0n) is 21.0. The van der Waals surface area contributed by atoms with Crippen LogP contribution in [0.3, 0.4) is 0 Å². The summed E-state index contributed by atoms with van der Waals surface area (Å²) in [5, 5.41) is 4.46. The van der Waals surface area contributed by atoms with Gasteiger partial charge in [-0.15, -0.1) is 0 Å². The van der Waals surface area contributed by atoms with Crippen molar-refractivity contribution in [3.63, 3.8) is 0 Å². The molecule has 0 atom stereocenters. The third-order valence-corrected chi connectivity index (χ3v) is 5.30. The molecule has 0 heterocycles. The summed E-state index contributed by atoms with van der Waals surface area (Å²) in [5.74, 6) is 1.66. The summed E-state index contributed by atoms with van der Waals surface area (Å²) in [6.07, 6.45) is 1.49. The molecule has 36 heavy (non-hydrogen) atoms. The van der Waals surface area contributed by atoms with E-state index >= 15 is 0 Å². The van der Waals surface area contributed by atoms with Gasteiger partial charge in [0.25, 0.3) is 5.91 Å². The second kappa shape index (κ2) is 13.4. The first-order valence-corrected chi connectivity index (χ1v) is 12.2.